The molecule has 0 aromatic carbocycles. The molecule has 0 aromatic heterocycles. The lowest BCUT2D eigenvalue weighted by molar-refractivity contribution is -0.117. The molecule has 31 heavy (non-hydrogen) atoms. The van der Waals surface area contributed by atoms with E-state index in [2.05, 4.69) is 39.9 Å². The van der Waals surface area contributed by atoms with Crippen LogP contribution in [0, 0.1) is 52.3 Å². The van der Waals surface area contributed by atoms with E-state index in [9.17, 15) is 0 Å². The molecule has 9 atom stereocenters. The van der Waals surface area contributed by atoms with E-state index in [1.165, 1.54) is 77.0 Å². The summed E-state index contributed by atoms with van der Waals surface area (Å²) in [5.41, 5.74) is 7.02. The summed E-state index contributed by atoms with van der Waals surface area (Å²) in [6.45, 7) is 14.6. The van der Waals surface area contributed by atoms with Crippen molar-refractivity contribution in [3.63, 3.8) is 0 Å². The fourth-order valence-corrected chi connectivity index (χ4v) is 9.76. The molecule has 0 aliphatic heterocycles. The molecule has 3 N–H and O–H groups in total. The third-order valence-electron chi connectivity index (χ3n) is 11.4. The number of nitrogens with two attached hydrogens (primary N) is 1. The third kappa shape index (κ3) is 4.51. The Morgan fingerprint density at radius 3 is 2.35 bits per heavy atom. The average Bonchev–Trinajstić information content (AvgIpc) is 3.09. The first-order valence-electron chi connectivity index (χ1n) is 14.2. The van der Waals surface area contributed by atoms with Gasteiger partial charge in [-0.3, -0.25) is 0 Å². The van der Waals surface area contributed by atoms with Crippen molar-refractivity contribution in [1.82, 2.24) is 5.32 Å². The summed E-state index contributed by atoms with van der Waals surface area (Å²) >= 11 is 0. The molecule has 3 unspecified atom stereocenters. The molecule has 2 heteroatoms. The summed E-state index contributed by atoms with van der Waals surface area (Å²) in [5.74, 6) is 6.81. The standard InChI is InChI=1S/C29H54N2/c1-20(2)7-6-8-21(3)25-11-12-26-24-10-9-22-19-23(31-18-17-30)13-15-28(22,4)27(24)14-16-29(25,26)5/h20-27,31H,6-19,30H2,1-5H3/t21-,22+,23+,24?,25-,26?,27?,28+,29-/m1/s1. The Morgan fingerprint density at radius 1 is 0.871 bits per heavy atom. The van der Waals surface area contributed by atoms with E-state index in [1.807, 2.05) is 0 Å². The lowest BCUT2D eigenvalue weighted by Crippen LogP contribution is -2.55. The van der Waals surface area contributed by atoms with Gasteiger partial charge in [-0.25, -0.2) is 0 Å². The lowest BCUT2D eigenvalue weighted by Gasteiger charge is -2.61. The van der Waals surface area contributed by atoms with Gasteiger partial charge in [0.15, 0.2) is 0 Å². The second-order valence-electron chi connectivity index (χ2n) is 13.4. The van der Waals surface area contributed by atoms with Crippen LogP contribution in [0.4, 0.5) is 0 Å². The van der Waals surface area contributed by atoms with Crippen molar-refractivity contribution in [1.29, 1.82) is 0 Å². The second-order valence-corrected chi connectivity index (χ2v) is 13.4. The van der Waals surface area contributed by atoms with E-state index in [-0.39, 0.29) is 0 Å². The Balaban J connectivity index is 1.41. The van der Waals surface area contributed by atoms with Crippen LogP contribution in [0.25, 0.3) is 0 Å². The fraction of sp³-hybridized carbons (Fsp3) is 1.00. The maximum absolute atomic E-state index is 5.76. The quantitative estimate of drug-likeness (QED) is 0.434. The van der Waals surface area contributed by atoms with E-state index in [0.717, 1.165) is 60.6 Å². The Labute approximate surface area is 194 Å². The van der Waals surface area contributed by atoms with Crippen molar-refractivity contribution >= 4 is 0 Å². The van der Waals surface area contributed by atoms with Crippen molar-refractivity contribution in [2.24, 2.45) is 58.0 Å². The summed E-state index contributed by atoms with van der Waals surface area (Å²) in [7, 11) is 0. The van der Waals surface area contributed by atoms with Crippen LogP contribution in [0.3, 0.4) is 0 Å². The van der Waals surface area contributed by atoms with Gasteiger partial charge in [-0.2, -0.15) is 0 Å². The van der Waals surface area contributed by atoms with Crippen LogP contribution in [0.1, 0.15) is 112 Å². The topological polar surface area (TPSA) is 38.0 Å². The monoisotopic (exact) mass is 430 g/mol. The molecule has 4 rings (SSSR count). The van der Waals surface area contributed by atoms with E-state index < -0.39 is 0 Å². The molecule has 4 aliphatic rings. The molecule has 0 radical (unpaired) electrons. The predicted octanol–water partition coefficient (Wildman–Crippen LogP) is 7.02. The normalized spacial score (nSPS) is 45.8. The van der Waals surface area contributed by atoms with Gasteiger partial charge < -0.3 is 11.1 Å². The Morgan fingerprint density at radius 2 is 1.61 bits per heavy atom. The van der Waals surface area contributed by atoms with Crippen LogP contribution in [-0.4, -0.2) is 19.1 Å². The Kier molecular flexibility index (Phi) is 7.49. The molecule has 4 saturated carbocycles. The van der Waals surface area contributed by atoms with Gasteiger partial charge in [-0.1, -0.05) is 53.9 Å². The van der Waals surface area contributed by atoms with Crippen LogP contribution in [0.2, 0.25) is 0 Å². The highest BCUT2D eigenvalue weighted by Gasteiger charge is 2.60. The molecular formula is C29H54N2. The maximum atomic E-state index is 5.76. The molecule has 0 bridgehead atoms. The first-order valence-corrected chi connectivity index (χ1v) is 14.2. The molecule has 4 fully saturated rings. The van der Waals surface area contributed by atoms with E-state index >= 15 is 0 Å². The number of rotatable bonds is 8. The van der Waals surface area contributed by atoms with Gasteiger partial charge in [0.1, 0.15) is 0 Å². The van der Waals surface area contributed by atoms with Gasteiger partial charge in [-0.05, 0) is 110 Å². The highest BCUT2D eigenvalue weighted by molar-refractivity contribution is 5.10. The molecule has 180 valence electrons. The SMILES string of the molecule is CC(C)CCC[C@@H](C)[C@H]1CCC2C3CC[C@H]4C[C@@H](NCCN)CC[C@]4(C)C3CC[C@@]21C. The summed E-state index contributed by atoms with van der Waals surface area (Å²) in [5, 5.41) is 3.75. The van der Waals surface area contributed by atoms with Crippen LogP contribution >= 0.6 is 0 Å². The summed E-state index contributed by atoms with van der Waals surface area (Å²) < 4.78 is 0. The molecule has 0 spiro atoms. The van der Waals surface area contributed by atoms with Crippen molar-refractivity contribution in [3.05, 3.63) is 0 Å². The van der Waals surface area contributed by atoms with Crippen molar-refractivity contribution < 1.29 is 0 Å². The van der Waals surface area contributed by atoms with Crippen LogP contribution in [-0.2, 0) is 0 Å². The number of nitrogens with one attached hydrogen (secondary N) is 1. The zero-order valence-electron chi connectivity index (χ0n) is 21.6. The largest absolute Gasteiger partial charge is 0.329 e. The van der Waals surface area contributed by atoms with Crippen LogP contribution < -0.4 is 11.1 Å². The minimum atomic E-state index is 0.617. The molecule has 0 saturated heterocycles. The van der Waals surface area contributed by atoms with Gasteiger partial charge in [0.25, 0.3) is 0 Å². The molecule has 0 amide bonds. The number of hydrogen-bond acceptors (Lipinski definition) is 2. The average molecular weight is 431 g/mol. The smallest absolute Gasteiger partial charge is 0.00770 e. The molecule has 0 aromatic rings. The van der Waals surface area contributed by atoms with E-state index in [1.54, 1.807) is 0 Å². The van der Waals surface area contributed by atoms with Crippen LogP contribution in [0.15, 0.2) is 0 Å². The van der Waals surface area contributed by atoms with Gasteiger partial charge in [-0.15, -0.1) is 0 Å². The summed E-state index contributed by atoms with van der Waals surface area (Å²) in [4.78, 5) is 0. The first kappa shape index (κ1) is 24.1. The van der Waals surface area contributed by atoms with Crippen LogP contribution in [0.5, 0.6) is 0 Å². The third-order valence-corrected chi connectivity index (χ3v) is 11.4. The number of hydrogen-bond donors (Lipinski definition) is 2. The Hall–Kier alpha value is -0.0800. The van der Waals surface area contributed by atoms with Gasteiger partial charge >= 0.3 is 0 Å². The second kappa shape index (κ2) is 9.65. The zero-order valence-corrected chi connectivity index (χ0v) is 21.6. The molecule has 0 heterocycles. The predicted molar refractivity (Wildman–Crippen MR) is 134 cm³/mol. The first-order chi connectivity index (χ1) is 14.8. The minimum absolute atomic E-state index is 0.617. The maximum Gasteiger partial charge on any atom is 0.00770 e. The van der Waals surface area contributed by atoms with Gasteiger partial charge in [0.2, 0.25) is 0 Å². The molecular weight excluding hydrogens is 376 g/mol. The highest BCUT2D eigenvalue weighted by atomic mass is 14.9. The molecule has 2 nitrogen and oxygen atoms in total. The lowest BCUT2D eigenvalue weighted by atomic mass is 9.44. The minimum Gasteiger partial charge on any atom is -0.329 e. The van der Waals surface area contributed by atoms with Crippen molar-refractivity contribution in [2.75, 3.05) is 13.1 Å². The van der Waals surface area contributed by atoms with Crippen molar-refractivity contribution in [2.45, 2.75) is 118 Å². The fourth-order valence-electron chi connectivity index (χ4n) is 9.76. The summed E-state index contributed by atoms with van der Waals surface area (Å²) in [6.07, 6.45) is 17.7. The van der Waals surface area contributed by atoms with E-state index in [0.29, 0.717) is 10.8 Å². The Bertz CT molecular complexity index is 587. The van der Waals surface area contributed by atoms with Gasteiger partial charge in [0.05, 0.1) is 0 Å². The zero-order chi connectivity index (χ0) is 22.2. The summed E-state index contributed by atoms with van der Waals surface area (Å²) in [6, 6.07) is 0.731. The van der Waals surface area contributed by atoms with E-state index in [4.69, 9.17) is 5.73 Å². The van der Waals surface area contributed by atoms with Crippen molar-refractivity contribution in [3.8, 4) is 0 Å². The highest BCUT2D eigenvalue weighted by Crippen LogP contribution is 2.68. The molecule has 4 aliphatic carbocycles. The number of fused-ring (bicyclic) bond motifs is 5. The van der Waals surface area contributed by atoms with Gasteiger partial charge in [0, 0.05) is 19.1 Å².